The second kappa shape index (κ2) is 12.7. The van der Waals surface area contributed by atoms with Crippen molar-refractivity contribution in [3.63, 3.8) is 0 Å². The van der Waals surface area contributed by atoms with Gasteiger partial charge in [0.2, 0.25) is 11.8 Å². The Kier molecular flexibility index (Phi) is 9.46. The smallest absolute Gasteiger partial charge is 0.304 e. The molecule has 1 aliphatic heterocycles. The summed E-state index contributed by atoms with van der Waals surface area (Å²) in [4.78, 5) is 42.3. The van der Waals surface area contributed by atoms with Crippen LogP contribution in [0.2, 0.25) is 0 Å². The topological polar surface area (TPSA) is 151 Å². The molecule has 0 saturated carbocycles. The lowest BCUT2D eigenvalue weighted by Crippen LogP contribution is -2.42. The number of aliphatic carboxylic acids is 1. The van der Waals surface area contributed by atoms with Gasteiger partial charge in [0.25, 0.3) is 0 Å². The molecule has 188 valence electrons. The lowest BCUT2D eigenvalue weighted by atomic mass is 10.0. The number of guanidine groups is 1. The highest BCUT2D eigenvalue weighted by Gasteiger charge is 2.40. The van der Waals surface area contributed by atoms with Gasteiger partial charge < -0.3 is 26.8 Å². The van der Waals surface area contributed by atoms with Gasteiger partial charge in [0.05, 0.1) is 12.3 Å². The zero-order valence-electron chi connectivity index (χ0n) is 20.0. The third-order valence-electron chi connectivity index (χ3n) is 6.44. The molecule has 0 radical (unpaired) electrons. The molecule has 1 saturated heterocycles. The Labute approximate surface area is 205 Å². The predicted molar refractivity (Wildman–Crippen MR) is 136 cm³/mol. The number of carbonyl (C=O) groups excluding carboxylic acids is 2. The number of benzene rings is 2. The summed E-state index contributed by atoms with van der Waals surface area (Å²) >= 11 is 0. The number of unbranched alkanes of at least 4 members (excludes halogenated alkanes) is 2. The van der Waals surface area contributed by atoms with E-state index in [1.54, 1.807) is 4.90 Å². The summed E-state index contributed by atoms with van der Waals surface area (Å²) in [6.45, 7) is 1.35. The molecule has 0 unspecified atom stereocenters. The molecular weight excluding hydrogens is 446 g/mol. The van der Waals surface area contributed by atoms with Crippen molar-refractivity contribution in [3.05, 3.63) is 48.0 Å². The highest BCUT2D eigenvalue weighted by Crippen LogP contribution is 2.28. The predicted octanol–water partition coefficient (Wildman–Crippen LogP) is 2.02. The van der Waals surface area contributed by atoms with Crippen molar-refractivity contribution in [1.29, 1.82) is 0 Å². The molecule has 2 atom stereocenters. The highest BCUT2D eigenvalue weighted by atomic mass is 16.4. The molecule has 0 aliphatic carbocycles. The average Bonchev–Trinajstić information content (AvgIpc) is 3.11. The SMILES string of the molecule is NC(N)=NCCCCCC(=O)NC[C@@H]1C[C@@H](CC(=O)O)C(=O)N1CCc1cccc2ccccc12. The summed E-state index contributed by atoms with van der Waals surface area (Å²) in [6, 6.07) is 14.0. The van der Waals surface area contributed by atoms with Crippen LogP contribution in [0.5, 0.6) is 0 Å². The quantitative estimate of drug-likeness (QED) is 0.195. The second-order valence-electron chi connectivity index (χ2n) is 9.03. The van der Waals surface area contributed by atoms with E-state index in [0.29, 0.717) is 38.9 Å². The number of rotatable bonds is 13. The zero-order valence-corrected chi connectivity index (χ0v) is 20.0. The number of carbonyl (C=O) groups is 3. The fourth-order valence-corrected chi connectivity index (χ4v) is 4.69. The van der Waals surface area contributed by atoms with E-state index in [-0.39, 0.29) is 30.2 Å². The van der Waals surface area contributed by atoms with E-state index in [2.05, 4.69) is 34.6 Å². The van der Waals surface area contributed by atoms with Gasteiger partial charge in [-0.25, -0.2) is 0 Å². The van der Waals surface area contributed by atoms with E-state index in [0.717, 1.165) is 35.6 Å². The molecule has 2 amide bonds. The van der Waals surface area contributed by atoms with Crippen LogP contribution in [-0.2, 0) is 20.8 Å². The number of amides is 2. The van der Waals surface area contributed by atoms with Crippen LogP contribution in [-0.4, -0.2) is 59.4 Å². The third-order valence-corrected chi connectivity index (χ3v) is 6.44. The summed E-state index contributed by atoms with van der Waals surface area (Å²) in [6.07, 6.45) is 3.65. The minimum atomic E-state index is -0.984. The van der Waals surface area contributed by atoms with Gasteiger partial charge in [-0.3, -0.25) is 19.4 Å². The Bertz CT molecular complexity index is 1060. The fourth-order valence-electron chi connectivity index (χ4n) is 4.69. The maximum Gasteiger partial charge on any atom is 0.304 e. The molecule has 6 N–H and O–H groups in total. The first-order chi connectivity index (χ1) is 16.8. The molecule has 9 heteroatoms. The molecule has 35 heavy (non-hydrogen) atoms. The lowest BCUT2D eigenvalue weighted by molar-refractivity contribution is -0.142. The van der Waals surface area contributed by atoms with Gasteiger partial charge in [-0.1, -0.05) is 48.9 Å². The monoisotopic (exact) mass is 481 g/mol. The van der Waals surface area contributed by atoms with Gasteiger partial charge in [-0.15, -0.1) is 0 Å². The van der Waals surface area contributed by atoms with Crippen molar-refractivity contribution in [1.82, 2.24) is 10.2 Å². The van der Waals surface area contributed by atoms with Crippen molar-refractivity contribution in [2.45, 2.75) is 51.0 Å². The summed E-state index contributed by atoms with van der Waals surface area (Å²) in [5.41, 5.74) is 11.7. The largest absolute Gasteiger partial charge is 0.481 e. The van der Waals surface area contributed by atoms with E-state index >= 15 is 0 Å². The van der Waals surface area contributed by atoms with Crippen LogP contribution >= 0.6 is 0 Å². The van der Waals surface area contributed by atoms with Crippen LogP contribution in [0.1, 0.15) is 44.1 Å². The summed E-state index contributed by atoms with van der Waals surface area (Å²) < 4.78 is 0. The fraction of sp³-hybridized carbons (Fsp3) is 0.462. The van der Waals surface area contributed by atoms with Crippen LogP contribution in [0, 0.1) is 5.92 Å². The Hall–Kier alpha value is -3.62. The number of hydrogen-bond donors (Lipinski definition) is 4. The summed E-state index contributed by atoms with van der Waals surface area (Å²) in [5.74, 6) is -1.69. The first kappa shape index (κ1) is 26.0. The Balaban J connectivity index is 1.56. The number of nitrogens with one attached hydrogen (secondary N) is 1. The summed E-state index contributed by atoms with van der Waals surface area (Å²) in [5, 5.41) is 14.5. The molecule has 1 fully saturated rings. The van der Waals surface area contributed by atoms with Crippen LogP contribution in [0.15, 0.2) is 47.5 Å². The Morgan fingerprint density at radius 1 is 1.09 bits per heavy atom. The minimum Gasteiger partial charge on any atom is -0.481 e. The first-order valence-corrected chi connectivity index (χ1v) is 12.2. The van der Waals surface area contributed by atoms with Crippen LogP contribution in [0.4, 0.5) is 0 Å². The second-order valence-corrected chi connectivity index (χ2v) is 9.03. The van der Waals surface area contributed by atoms with Crippen molar-refractivity contribution in [2.24, 2.45) is 22.4 Å². The molecule has 1 heterocycles. The number of hydrogen-bond acceptors (Lipinski definition) is 4. The molecule has 0 aromatic heterocycles. The average molecular weight is 482 g/mol. The number of carboxylic acid groups (broad SMARTS) is 1. The maximum atomic E-state index is 13.0. The molecule has 3 rings (SSSR count). The third kappa shape index (κ3) is 7.70. The van der Waals surface area contributed by atoms with Crippen molar-refractivity contribution < 1.29 is 19.5 Å². The van der Waals surface area contributed by atoms with Gasteiger partial charge in [0.1, 0.15) is 0 Å². The number of carboxylic acids is 1. The van der Waals surface area contributed by atoms with Crippen LogP contribution in [0.3, 0.4) is 0 Å². The van der Waals surface area contributed by atoms with Crippen molar-refractivity contribution in [3.8, 4) is 0 Å². The van der Waals surface area contributed by atoms with Gasteiger partial charge >= 0.3 is 5.97 Å². The Morgan fingerprint density at radius 2 is 1.86 bits per heavy atom. The number of nitrogens with two attached hydrogens (primary N) is 2. The standard InChI is InChI=1S/C26H35N5O4/c27-26(28)29-13-5-1-2-11-23(32)30-17-21-15-20(16-24(33)34)25(35)31(21)14-12-19-9-6-8-18-7-3-4-10-22(18)19/h3-4,6-10,20-21H,1-2,5,11-17H2,(H,30,32)(H,33,34)(H4,27,28,29)/t20-,21-/m0/s1. The van der Waals surface area contributed by atoms with E-state index in [4.69, 9.17) is 11.5 Å². The number of fused-ring (bicyclic) bond motifs is 1. The van der Waals surface area contributed by atoms with E-state index in [1.165, 1.54) is 0 Å². The highest BCUT2D eigenvalue weighted by molar-refractivity contribution is 5.87. The number of aliphatic imine (C=N–C) groups is 1. The van der Waals surface area contributed by atoms with Gasteiger partial charge in [-0.05, 0) is 42.0 Å². The normalized spacial score (nSPS) is 17.5. The minimum absolute atomic E-state index is 0.0695. The number of nitrogens with zero attached hydrogens (tertiary/aromatic N) is 2. The molecular formula is C26H35N5O4. The van der Waals surface area contributed by atoms with Crippen LogP contribution < -0.4 is 16.8 Å². The van der Waals surface area contributed by atoms with Gasteiger partial charge in [0, 0.05) is 32.1 Å². The van der Waals surface area contributed by atoms with E-state index in [9.17, 15) is 19.5 Å². The lowest BCUT2D eigenvalue weighted by Gasteiger charge is -2.25. The number of likely N-dealkylation sites (tertiary alicyclic amines) is 1. The Morgan fingerprint density at radius 3 is 2.63 bits per heavy atom. The summed E-state index contributed by atoms with van der Waals surface area (Å²) in [7, 11) is 0. The van der Waals surface area contributed by atoms with E-state index < -0.39 is 11.9 Å². The zero-order chi connectivity index (χ0) is 25.2. The van der Waals surface area contributed by atoms with E-state index in [1.807, 2.05) is 18.2 Å². The molecule has 9 nitrogen and oxygen atoms in total. The maximum absolute atomic E-state index is 13.0. The first-order valence-electron chi connectivity index (χ1n) is 12.2. The van der Waals surface area contributed by atoms with Crippen molar-refractivity contribution >= 4 is 34.5 Å². The molecule has 1 aliphatic rings. The van der Waals surface area contributed by atoms with Crippen LogP contribution in [0.25, 0.3) is 10.8 Å². The van der Waals surface area contributed by atoms with Gasteiger partial charge in [-0.2, -0.15) is 0 Å². The van der Waals surface area contributed by atoms with Crippen molar-refractivity contribution in [2.75, 3.05) is 19.6 Å². The molecule has 2 aromatic rings. The molecule has 0 spiro atoms. The molecule has 2 aromatic carbocycles. The van der Waals surface area contributed by atoms with Gasteiger partial charge in [0.15, 0.2) is 5.96 Å². The molecule has 0 bridgehead atoms.